The van der Waals surface area contributed by atoms with E-state index in [1.165, 1.54) is 4.88 Å². The van der Waals surface area contributed by atoms with Gasteiger partial charge in [0.2, 0.25) is 5.91 Å². The molecule has 1 unspecified atom stereocenters. The molecule has 2 aromatic carbocycles. The molecule has 0 aliphatic carbocycles. The van der Waals surface area contributed by atoms with Crippen LogP contribution in [0.15, 0.2) is 66.7 Å². The lowest BCUT2D eigenvalue weighted by atomic mass is 10.1. The fourth-order valence-corrected chi connectivity index (χ4v) is 4.57. The second-order valence-electron chi connectivity index (χ2n) is 8.80. The molecule has 0 bridgehead atoms. The molecule has 0 spiro atoms. The van der Waals surface area contributed by atoms with Gasteiger partial charge in [0, 0.05) is 28.5 Å². The number of rotatable bonds is 11. The first-order valence-corrected chi connectivity index (χ1v) is 12.8. The highest BCUT2D eigenvalue weighted by molar-refractivity contribution is 7.11. The molecule has 7 heteroatoms. The molecule has 0 fully saturated rings. The minimum atomic E-state index is -0.282. The molecule has 35 heavy (non-hydrogen) atoms. The van der Waals surface area contributed by atoms with Crippen molar-refractivity contribution < 1.29 is 14.3 Å². The van der Waals surface area contributed by atoms with E-state index in [2.05, 4.69) is 38.2 Å². The van der Waals surface area contributed by atoms with Crippen LogP contribution in [-0.2, 0) is 17.9 Å². The van der Waals surface area contributed by atoms with E-state index in [1.54, 1.807) is 47.6 Å². The zero-order chi connectivity index (χ0) is 25.2. The monoisotopic (exact) mass is 493 g/mol. The van der Waals surface area contributed by atoms with Gasteiger partial charge in [-0.05, 0) is 54.8 Å². The maximum Gasteiger partial charge on any atom is 0.322 e. The third kappa shape index (κ3) is 8.14. The lowest BCUT2D eigenvalue weighted by Gasteiger charge is -2.29. The Labute approximate surface area is 212 Å². The van der Waals surface area contributed by atoms with E-state index in [0.717, 1.165) is 22.6 Å². The Hall–Kier alpha value is -3.32. The van der Waals surface area contributed by atoms with Gasteiger partial charge in [-0.25, -0.2) is 4.79 Å². The molecule has 1 atom stereocenters. The van der Waals surface area contributed by atoms with Crippen molar-refractivity contribution in [2.24, 2.45) is 5.92 Å². The van der Waals surface area contributed by atoms with E-state index in [9.17, 15) is 9.59 Å². The third-order valence-corrected chi connectivity index (χ3v) is 6.88. The van der Waals surface area contributed by atoms with Gasteiger partial charge in [-0.2, -0.15) is 0 Å². The molecule has 1 heterocycles. The van der Waals surface area contributed by atoms with Gasteiger partial charge in [-0.3, -0.25) is 4.79 Å². The maximum atomic E-state index is 13.6. The van der Waals surface area contributed by atoms with E-state index in [-0.39, 0.29) is 24.4 Å². The highest BCUT2D eigenvalue weighted by Gasteiger charge is 2.23. The van der Waals surface area contributed by atoms with Gasteiger partial charge in [0.1, 0.15) is 12.3 Å². The van der Waals surface area contributed by atoms with Crippen LogP contribution in [0.4, 0.5) is 10.5 Å². The van der Waals surface area contributed by atoms with Crippen LogP contribution >= 0.6 is 11.3 Å². The summed E-state index contributed by atoms with van der Waals surface area (Å²) in [5, 5.41) is 2.93. The van der Waals surface area contributed by atoms with Crippen LogP contribution in [0.5, 0.6) is 5.75 Å². The van der Waals surface area contributed by atoms with Crippen molar-refractivity contribution in [1.82, 2.24) is 9.80 Å². The lowest BCUT2D eigenvalue weighted by Crippen LogP contribution is -2.45. The fourth-order valence-electron chi connectivity index (χ4n) is 3.66. The summed E-state index contributed by atoms with van der Waals surface area (Å²) in [5.41, 5.74) is 1.72. The minimum Gasteiger partial charge on any atom is -0.497 e. The van der Waals surface area contributed by atoms with Crippen molar-refractivity contribution in [3.63, 3.8) is 0 Å². The number of thiophene rings is 1. The second-order valence-corrected chi connectivity index (χ2v) is 10.2. The highest BCUT2D eigenvalue weighted by atomic mass is 32.1. The normalized spacial score (nSPS) is 11.5. The van der Waals surface area contributed by atoms with Gasteiger partial charge in [0.25, 0.3) is 0 Å². The van der Waals surface area contributed by atoms with Crippen molar-refractivity contribution in [1.29, 1.82) is 0 Å². The Kier molecular flexibility index (Phi) is 9.73. The van der Waals surface area contributed by atoms with Crippen LogP contribution in [0.1, 0.15) is 35.6 Å². The maximum absolute atomic E-state index is 13.6. The fraction of sp³-hybridized carbons (Fsp3) is 0.357. The van der Waals surface area contributed by atoms with Gasteiger partial charge in [-0.15, -0.1) is 11.3 Å². The summed E-state index contributed by atoms with van der Waals surface area (Å²) in [5.74, 6) is 0.912. The Morgan fingerprint density at radius 3 is 2.29 bits per heavy atom. The SMILES string of the molecule is CCC(C)CN(CC(=O)N(Cc1ccccc1)Cc1ccc(C)s1)C(=O)Nc1ccc(OC)cc1. The summed E-state index contributed by atoms with van der Waals surface area (Å²) in [6, 6.07) is 21.0. The van der Waals surface area contributed by atoms with Gasteiger partial charge in [0.05, 0.1) is 13.7 Å². The largest absolute Gasteiger partial charge is 0.497 e. The Balaban J connectivity index is 1.77. The second kappa shape index (κ2) is 13.0. The number of carbonyl (C=O) groups is 2. The molecule has 0 radical (unpaired) electrons. The van der Waals surface area contributed by atoms with Crippen LogP contribution in [0.25, 0.3) is 0 Å². The first-order chi connectivity index (χ1) is 16.9. The Bertz CT molecular complexity index is 1080. The number of nitrogens with zero attached hydrogens (tertiary/aromatic N) is 2. The Morgan fingerprint density at radius 2 is 1.69 bits per heavy atom. The summed E-state index contributed by atoms with van der Waals surface area (Å²) in [4.78, 5) is 32.6. The van der Waals surface area contributed by atoms with Crippen molar-refractivity contribution in [2.75, 3.05) is 25.5 Å². The van der Waals surface area contributed by atoms with E-state index in [1.807, 2.05) is 35.2 Å². The number of benzene rings is 2. The predicted molar refractivity (Wildman–Crippen MR) is 143 cm³/mol. The molecule has 3 amide bonds. The van der Waals surface area contributed by atoms with Crippen LogP contribution in [-0.4, -0.2) is 41.9 Å². The summed E-state index contributed by atoms with van der Waals surface area (Å²) in [7, 11) is 1.60. The molecule has 6 nitrogen and oxygen atoms in total. The molecule has 0 saturated heterocycles. The van der Waals surface area contributed by atoms with E-state index in [0.29, 0.717) is 25.3 Å². The molecular formula is C28H35N3O3S. The minimum absolute atomic E-state index is 0.0174. The number of ether oxygens (including phenoxy) is 1. The van der Waals surface area contributed by atoms with E-state index in [4.69, 9.17) is 4.74 Å². The first-order valence-electron chi connectivity index (χ1n) is 11.9. The molecule has 3 aromatic rings. The third-order valence-electron chi connectivity index (χ3n) is 5.90. The number of anilines is 1. The number of nitrogens with one attached hydrogen (secondary N) is 1. The van der Waals surface area contributed by atoms with E-state index < -0.39 is 0 Å². The smallest absolute Gasteiger partial charge is 0.322 e. The van der Waals surface area contributed by atoms with Crippen molar-refractivity contribution in [3.8, 4) is 5.75 Å². The van der Waals surface area contributed by atoms with Gasteiger partial charge < -0.3 is 19.9 Å². The standard InChI is InChI=1S/C28H35N3O3S/c1-5-21(2)17-31(28(33)29-24-12-14-25(34-4)15-13-24)20-27(32)30(18-23-9-7-6-8-10-23)19-26-16-11-22(3)35-26/h6-16,21H,5,17-20H2,1-4H3,(H,29,33). The van der Waals surface area contributed by atoms with Crippen LogP contribution in [0, 0.1) is 12.8 Å². The summed E-state index contributed by atoms with van der Waals surface area (Å²) in [6.07, 6.45) is 0.919. The van der Waals surface area contributed by atoms with Crippen LogP contribution < -0.4 is 10.1 Å². The zero-order valence-electron chi connectivity index (χ0n) is 21.0. The van der Waals surface area contributed by atoms with Crippen molar-refractivity contribution in [3.05, 3.63) is 82.0 Å². The van der Waals surface area contributed by atoms with Crippen LogP contribution in [0.3, 0.4) is 0 Å². The van der Waals surface area contributed by atoms with Crippen molar-refractivity contribution >= 4 is 29.0 Å². The molecule has 0 saturated carbocycles. The molecular weight excluding hydrogens is 458 g/mol. The molecule has 0 aliphatic heterocycles. The lowest BCUT2D eigenvalue weighted by molar-refractivity contribution is -0.133. The Morgan fingerprint density at radius 1 is 0.971 bits per heavy atom. The average molecular weight is 494 g/mol. The van der Waals surface area contributed by atoms with Gasteiger partial charge in [0.15, 0.2) is 0 Å². The quantitative estimate of drug-likeness (QED) is 0.347. The van der Waals surface area contributed by atoms with E-state index >= 15 is 0 Å². The summed E-state index contributed by atoms with van der Waals surface area (Å²) < 4.78 is 5.19. The van der Waals surface area contributed by atoms with Crippen molar-refractivity contribution in [2.45, 2.75) is 40.3 Å². The zero-order valence-corrected chi connectivity index (χ0v) is 21.8. The topological polar surface area (TPSA) is 61.9 Å². The molecule has 0 aliphatic rings. The number of aryl methyl sites for hydroxylation is 1. The number of methoxy groups -OCH3 is 1. The predicted octanol–water partition coefficient (Wildman–Crippen LogP) is 6.17. The number of hydrogen-bond acceptors (Lipinski definition) is 4. The number of carbonyl (C=O) groups excluding carboxylic acids is 2. The average Bonchev–Trinajstić information content (AvgIpc) is 3.28. The molecule has 186 valence electrons. The number of amides is 3. The number of hydrogen-bond donors (Lipinski definition) is 1. The molecule has 1 aromatic heterocycles. The number of urea groups is 1. The molecule has 3 rings (SSSR count). The van der Waals surface area contributed by atoms with Gasteiger partial charge >= 0.3 is 6.03 Å². The summed E-state index contributed by atoms with van der Waals surface area (Å²) in [6.45, 7) is 7.78. The van der Waals surface area contributed by atoms with Gasteiger partial charge in [-0.1, -0.05) is 50.6 Å². The molecule has 1 N–H and O–H groups in total. The highest BCUT2D eigenvalue weighted by Crippen LogP contribution is 2.20. The first kappa shape index (κ1) is 26.3. The van der Waals surface area contributed by atoms with Crippen LogP contribution in [0.2, 0.25) is 0 Å². The summed E-state index contributed by atoms with van der Waals surface area (Å²) >= 11 is 1.69.